The van der Waals surface area contributed by atoms with Gasteiger partial charge >= 0.3 is 0 Å². The molecule has 1 aromatic heterocycles. The number of hydrogen-bond donors (Lipinski definition) is 0. The van der Waals surface area contributed by atoms with Gasteiger partial charge in [-0.05, 0) is 37.5 Å². The smallest absolute Gasteiger partial charge is 0.243 e. The Labute approximate surface area is 475 Å². The average Bonchev–Trinajstić information content (AvgIpc) is 3.84. The van der Waals surface area contributed by atoms with E-state index in [1.165, 1.54) is 385 Å². The van der Waals surface area contributed by atoms with Crippen LogP contribution in [0.2, 0.25) is 0 Å². The SMILES string of the molecule is CCCCCCCCCCCCCCC(CCCCCCCCCCCCCC)CCCCC(CCCCC(CCCCCCCCCCCCCC)CCCCCCCCCCCCCC)[n+]1ccn(C)c1.[Cl-]. The Bertz CT molecular complexity index is 1020. The van der Waals surface area contributed by atoms with Crippen molar-refractivity contribution < 1.29 is 17.0 Å². The summed E-state index contributed by atoms with van der Waals surface area (Å²) < 4.78 is 4.89. The van der Waals surface area contributed by atoms with Gasteiger partial charge in [-0.1, -0.05) is 387 Å². The van der Waals surface area contributed by atoms with E-state index in [4.69, 9.17) is 0 Å². The first-order valence-corrected chi connectivity index (χ1v) is 35.2. The predicted octanol–water partition coefficient (Wildman–Crippen LogP) is 22.6. The second kappa shape index (κ2) is 61.7. The summed E-state index contributed by atoms with van der Waals surface area (Å²) in [7, 11) is 2.22. The molecular weight excluding hydrogens is 916 g/mol. The minimum absolute atomic E-state index is 0. The van der Waals surface area contributed by atoms with Crippen molar-refractivity contribution in [2.24, 2.45) is 18.9 Å². The predicted molar refractivity (Wildman–Crippen MR) is 331 cm³/mol. The molecule has 0 bridgehead atoms. The Kier molecular flexibility index (Phi) is 61.3. The molecule has 0 fully saturated rings. The molecule has 1 rings (SSSR count). The zero-order valence-corrected chi connectivity index (χ0v) is 52.9. The quantitative estimate of drug-likeness (QED) is 0.0454. The van der Waals surface area contributed by atoms with E-state index in [1.54, 1.807) is 0 Å². The summed E-state index contributed by atoms with van der Waals surface area (Å²) in [6, 6.07) is 0.679. The minimum Gasteiger partial charge on any atom is -1.00 e. The largest absolute Gasteiger partial charge is 1.00 e. The fraction of sp³-hybridized carbons (Fsp3) is 0.958. The van der Waals surface area contributed by atoms with Crippen LogP contribution in [0.3, 0.4) is 0 Å². The summed E-state index contributed by atoms with van der Waals surface area (Å²) in [6.45, 7) is 9.33. The van der Waals surface area contributed by atoms with Crippen molar-refractivity contribution in [1.82, 2.24) is 4.57 Å². The standard InChI is InChI=1S/C71H141N2.ClH/c1-6-10-14-18-22-26-30-34-38-42-46-50-58-69(59-51-47-43-39-35-31-27-23-19-15-11-7-2)62-54-56-64-71(73-67-66-72(5)68-73)65-57-55-63-70(60-52-48-44-40-36-32-28-24-20-16-12-8-3)61-53-49-45-41-37-33-29-25-21-17-13-9-4;/h66-71H,6-65H2,1-5H3;1H/q+1;/p-1. The highest BCUT2D eigenvalue weighted by atomic mass is 35.5. The Balaban J connectivity index is 0.0000533. The van der Waals surface area contributed by atoms with Crippen LogP contribution in [-0.2, 0) is 7.05 Å². The Morgan fingerprint density at radius 3 is 0.622 bits per heavy atom. The first-order chi connectivity index (χ1) is 36.1. The number of nitrogens with zero attached hydrogens (tertiary/aromatic N) is 2. The van der Waals surface area contributed by atoms with Gasteiger partial charge < -0.3 is 12.4 Å². The van der Waals surface area contributed by atoms with Crippen molar-refractivity contribution in [2.45, 2.75) is 419 Å². The van der Waals surface area contributed by atoms with Gasteiger partial charge in [-0.15, -0.1) is 0 Å². The third-order valence-corrected chi connectivity index (χ3v) is 17.9. The van der Waals surface area contributed by atoms with Crippen LogP contribution in [0.5, 0.6) is 0 Å². The minimum atomic E-state index is 0. The second-order valence-corrected chi connectivity index (χ2v) is 25.2. The van der Waals surface area contributed by atoms with Gasteiger partial charge in [0.15, 0.2) is 0 Å². The van der Waals surface area contributed by atoms with Crippen molar-refractivity contribution in [2.75, 3.05) is 0 Å². The zero-order chi connectivity index (χ0) is 52.4. The molecule has 2 nitrogen and oxygen atoms in total. The first kappa shape index (κ1) is 73.5. The Morgan fingerprint density at radius 1 is 0.257 bits per heavy atom. The molecule has 1 heterocycles. The number of aromatic nitrogens is 2. The molecule has 0 saturated carbocycles. The van der Waals surface area contributed by atoms with Crippen molar-refractivity contribution in [3.05, 3.63) is 18.7 Å². The van der Waals surface area contributed by atoms with Gasteiger partial charge in [0, 0.05) is 0 Å². The highest BCUT2D eigenvalue weighted by Gasteiger charge is 2.18. The molecule has 0 spiro atoms. The molecule has 74 heavy (non-hydrogen) atoms. The van der Waals surface area contributed by atoms with E-state index >= 15 is 0 Å². The van der Waals surface area contributed by atoms with Crippen LogP contribution in [0.1, 0.15) is 419 Å². The average molecular weight is 1060 g/mol. The number of halogens is 1. The van der Waals surface area contributed by atoms with E-state index in [9.17, 15) is 0 Å². The normalized spacial score (nSPS) is 11.8. The lowest BCUT2D eigenvalue weighted by Crippen LogP contribution is -3.00. The summed E-state index contributed by atoms with van der Waals surface area (Å²) in [5, 5.41) is 0. The van der Waals surface area contributed by atoms with E-state index in [-0.39, 0.29) is 12.4 Å². The zero-order valence-electron chi connectivity index (χ0n) is 52.2. The molecule has 0 aliphatic rings. The van der Waals surface area contributed by atoms with Crippen LogP contribution in [0.4, 0.5) is 0 Å². The molecule has 0 radical (unpaired) electrons. The van der Waals surface area contributed by atoms with E-state index in [1.807, 2.05) is 0 Å². The molecule has 442 valence electrons. The lowest BCUT2D eigenvalue weighted by molar-refractivity contribution is -0.724. The van der Waals surface area contributed by atoms with Gasteiger partial charge in [0.1, 0.15) is 18.4 Å². The molecule has 3 heteroatoms. The van der Waals surface area contributed by atoms with Gasteiger partial charge in [0.2, 0.25) is 6.33 Å². The van der Waals surface area contributed by atoms with Gasteiger partial charge in [-0.2, -0.15) is 0 Å². The summed E-state index contributed by atoms with van der Waals surface area (Å²) in [6.07, 6.45) is 94.9. The topological polar surface area (TPSA) is 8.81 Å². The first-order valence-electron chi connectivity index (χ1n) is 35.2. The third-order valence-electron chi connectivity index (χ3n) is 17.9. The Morgan fingerprint density at radius 2 is 0.432 bits per heavy atom. The van der Waals surface area contributed by atoms with Crippen molar-refractivity contribution in [1.29, 1.82) is 0 Å². The van der Waals surface area contributed by atoms with Crippen LogP contribution < -0.4 is 17.0 Å². The Hall–Kier alpha value is -0.500. The van der Waals surface area contributed by atoms with Gasteiger partial charge in [-0.3, -0.25) is 0 Å². The maximum Gasteiger partial charge on any atom is 0.243 e. The van der Waals surface area contributed by atoms with Crippen molar-refractivity contribution in [3.63, 3.8) is 0 Å². The molecule has 0 aromatic carbocycles. The van der Waals surface area contributed by atoms with Crippen LogP contribution in [0.15, 0.2) is 18.7 Å². The summed E-state index contributed by atoms with van der Waals surface area (Å²) >= 11 is 0. The maximum absolute atomic E-state index is 2.60. The van der Waals surface area contributed by atoms with E-state index in [0.717, 1.165) is 11.8 Å². The second-order valence-electron chi connectivity index (χ2n) is 25.2. The molecule has 0 amide bonds. The lowest BCUT2D eigenvalue weighted by Gasteiger charge is -2.19. The van der Waals surface area contributed by atoms with Gasteiger partial charge in [0.05, 0.1) is 7.05 Å². The monoisotopic (exact) mass is 1060 g/mol. The maximum atomic E-state index is 2.60. The van der Waals surface area contributed by atoms with Crippen LogP contribution in [0, 0.1) is 11.8 Å². The summed E-state index contributed by atoms with van der Waals surface area (Å²) in [5.74, 6) is 1.95. The molecule has 0 aliphatic carbocycles. The summed E-state index contributed by atoms with van der Waals surface area (Å²) in [5.41, 5.74) is 0. The van der Waals surface area contributed by atoms with Crippen LogP contribution >= 0.6 is 0 Å². The molecular formula is C71H141ClN2. The fourth-order valence-electron chi connectivity index (χ4n) is 12.7. The molecule has 1 aromatic rings. The molecule has 0 unspecified atom stereocenters. The van der Waals surface area contributed by atoms with Crippen molar-refractivity contribution >= 4 is 0 Å². The fourth-order valence-corrected chi connectivity index (χ4v) is 12.7. The lowest BCUT2D eigenvalue weighted by atomic mass is 9.88. The highest BCUT2D eigenvalue weighted by Crippen LogP contribution is 2.29. The van der Waals surface area contributed by atoms with Crippen LogP contribution in [-0.4, -0.2) is 4.57 Å². The number of imidazole rings is 1. The molecule has 0 saturated heterocycles. The molecule has 0 atom stereocenters. The number of hydrogen-bond acceptors (Lipinski definition) is 0. The van der Waals surface area contributed by atoms with Gasteiger partial charge in [0.25, 0.3) is 0 Å². The van der Waals surface area contributed by atoms with Crippen molar-refractivity contribution in [3.8, 4) is 0 Å². The van der Waals surface area contributed by atoms with Gasteiger partial charge in [-0.25, -0.2) is 9.13 Å². The molecule has 0 N–H and O–H groups in total. The van der Waals surface area contributed by atoms with E-state index in [0.29, 0.717) is 6.04 Å². The highest BCUT2D eigenvalue weighted by molar-refractivity contribution is 4.69. The van der Waals surface area contributed by atoms with E-state index in [2.05, 4.69) is 62.6 Å². The number of rotatable bonds is 63. The van der Waals surface area contributed by atoms with E-state index < -0.39 is 0 Å². The van der Waals surface area contributed by atoms with Crippen LogP contribution in [0.25, 0.3) is 0 Å². The number of unbranched alkanes of at least 4 members (excludes halogenated alkanes) is 46. The molecule has 0 aliphatic heterocycles. The third kappa shape index (κ3) is 52.2. The number of aryl methyl sites for hydroxylation is 1. The summed E-state index contributed by atoms with van der Waals surface area (Å²) in [4.78, 5) is 0.